The molecule has 2 aliphatic rings. The lowest BCUT2D eigenvalue weighted by Crippen LogP contribution is -2.38. The van der Waals surface area contributed by atoms with E-state index >= 15 is 0 Å². The summed E-state index contributed by atoms with van der Waals surface area (Å²) in [5, 5.41) is 9.62. The maximum absolute atomic E-state index is 12.0. The van der Waals surface area contributed by atoms with Crippen molar-refractivity contribution in [2.45, 2.75) is 32.2 Å². The van der Waals surface area contributed by atoms with Gasteiger partial charge < -0.3 is 25.3 Å². The van der Waals surface area contributed by atoms with Crippen LogP contribution in [0.15, 0.2) is 51.9 Å². The molecule has 11 heteroatoms. The number of aryl methyl sites for hydroxylation is 1. The molecule has 1 atom stereocenters. The molecule has 184 valence electrons. The van der Waals surface area contributed by atoms with Crippen molar-refractivity contribution in [3.05, 3.63) is 58.8 Å². The predicted molar refractivity (Wildman–Crippen MR) is 136 cm³/mol. The van der Waals surface area contributed by atoms with Crippen molar-refractivity contribution >= 4 is 46.0 Å². The summed E-state index contributed by atoms with van der Waals surface area (Å²) in [5.74, 6) is 1.88. The number of H-pyrrole nitrogens is 1. The van der Waals surface area contributed by atoms with Gasteiger partial charge in [0.2, 0.25) is 11.9 Å². The summed E-state index contributed by atoms with van der Waals surface area (Å²) in [4.78, 5) is 41.9. The molecule has 36 heavy (non-hydrogen) atoms. The third-order valence-corrected chi connectivity index (χ3v) is 6.46. The first-order valence-electron chi connectivity index (χ1n) is 12.0. The highest BCUT2D eigenvalue weighted by Crippen LogP contribution is 2.30. The van der Waals surface area contributed by atoms with E-state index in [-0.39, 0.29) is 17.9 Å². The number of oxazole rings is 1. The monoisotopic (exact) mass is 486 g/mol. The highest BCUT2D eigenvalue weighted by Gasteiger charge is 2.33. The van der Waals surface area contributed by atoms with E-state index < -0.39 is 5.76 Å². The molecule has 1 unspecified atom stereocenters. The second-order valence-corrected chi connectivity index (χ2v) is 9.32. The number of rotatable bonds is 7. The van der Waals surface area contributed by atoms with Gasteiger partial charge in [0, 0.05) is 42.5 Å². The summed E-state index contributed by atoms with van der Waals surface area (Å²) in [5.41, 5.74) is 3.50. The van der Waals surface area contributed by atoms with Gasteiger partial charge in [-0.2, -0.15) is 4.98 Å². The Morgan fingerprint density at radius 1 is 1.08 bits per heavy atom. The van der Waals surface area contributed by atoms with Gasteiger partial charge in [-0.3, -0.25) is 9.78 Å². The molecule has 1 aliphatic heterocycles. The van der Waals surface area contributed by atoms with Gasteiger partial charge in [0.15, 0.2) is 5.58 Å². The van der Waals surface area contributed by atoms with Crippen molar-refractivity contribution in [3.8, 4) is 0 Å². The van der Waals surface area contributed by atoms with Crippen LogP contribution in [0.3, 0.4) is 0 Å². The smallest absolute Gasteiger partial charge is 0.408 e. The zero-order chi connectivity index (χ0) is 24.6. The summed E-state index contributed by atoms with van der Waals surface area (Å²) in [6.07, 6.45) is 6.45. The number of nitrogens with one attached hydrogen (secondary N) is 4. The number of benzene rings is 1. The number of anilines is 5. The Bertz CT molecular complexity index is 1470. The number of amides is 1. The standard InChI is InChI=1S/C25H26N8O3/c1-14-11-27-24(32-22(14)28-16-4-6-20-19(10-16)31-25(35)36-20)30-17-5-7-21(26-12-17)33-9-8-18(13-33)29-23(34)15-2-3-15/h4-7,10-12,15,18H,2-3,8-9,13H2,1H3,(H,29,34)(H,31,35)(H2,27,28,30,32). The molecule has 1 saturated heterocycles. The van der Waals surface area contributed by atoms with E-state index in [1.54, 1.807) is 24.5 Å². The Labute approximate surface area is 206 Å². The fraction of sp³-hybridized carbons (Fsp3) is 0.320. The number of fused-ring (bicyclic) bond motifs is 1. The number of hydrogen-bond acceptors (Lipinski definition) is 9. The van der Waals surface area contributed by atoms with Crippen LogP contribution in [0.5, 0.6) is 0 Å². The molecule has 0 radical (unpaired) electrons. The van der Waals surface area contributed by atoms with E-state index in [4.69, 9.17) is 4.42 Å². The van der Waals surface area contributed by atoms with Crippen LogP contribution in [0, 0.1) is 12.8 Å². The Balaban J connectivity index is 1.10. The van der Waals surface area contributed by atoms with Crippen LogP contribution in [0.2, 0.25) is 0 Å². The Kier molecular flexibility index (Phi) is 5.51. The van der Waals surface area contributed by atoms with Crippen LogP contribution < -0.4 is 26.6 Å². The molecule has 2 fully saturated rings. The normalized spacial score (nSPS) is 17.4. The number of hydrogen-bond donors (Lipinski definition) is 4. The number of nitrogens with zero attached hydrogens (tertiary/aromatic N) is 4. The first-order valence-corrected chi connectivity index (χ1v) is 12.0. The van der Waals surface area contributed by atoms with Gasteiger partial charge in [-0.15, -0.1) is 0 Å². The fourth-order valence-electron chi connectivity index (χ4n) is 4.32. The predicted octanol–water partition coefficient (Wildman–Crippen LogP) is 3.21. The summed E-state index contributed by atoms with van der Waals surface area (Å²) in [6, 6.07) is 9.41. The minimum Gasteiger partial charge on any atom is -0.408 e. The summed E-state index contributed by atoms with van der Waals surface area (Å²) >= 11 is 0. The zero-order valence-corrected chi connectivity index (χ0v) is 19.7. The molecule has 1 amide bonds. The summed E-state index contributed by atoms with van der Waals surface area (Å²) in [7, 11) is 0. The molecular formula is C25H26N8O3. The van der Waals surface area contributed by atoms with E-state index in [2.05, 4.69) is 40.8 Å². The van der Waals surface area contributed by atoms with Crippen molar-refractivity contribution in [3.63, 3.8) is 0 Å². The van der Waals surface area contributed by atoms with E-state index in [1.165, 1.54) is 0 Å². The first-order chi connectivity index (χ1) is 17.5. The van der Waals surface area contributed by atoms with Gasteiger partial charge in [-0.25, -0.2) is 14.8 Å². The molecule has 1 saturated carbocycles. The third-order valence-electron chi connectivity index (χ3n) is 6.46. The number of pyridine rings is 1. The van der Waals surface area contributed by atoms with E-state index in [9.17, 15) is 9.59 Å². The summed E-state index contributed by atoms with van der Waals surface area (Å²) in [6.45, 7) is 3.55. The van der Waals surface area contributed by atoms with Gasteiger partial charge in [0.05, 0.1) is 17.4 Å². The lowest BCUT2D eigenvalue weighted by molar-refractivity contribution is -0.122. The molecule has 4 N–H and O–H groups in total. The van der Waals surface area contributed by atoms with Gasteiger partial charge >= 0.3 is 5.76 Å². The molecule has 4 heterocycles. The van der Waals surface area contributed by atoms with Crippen LogP contribution in [-0.2, 0) is 4.79 Å². The van der Waals surface area contributed by atoms with Crippen molar-refractivity contribution in [2.24, 2.45) is 5.92 Å². The van der Waals surface area contributed by atoms with Crippen LogP contribution in [0.25, 0.3) is 11.1 Å². The second kappa shape index (κ2) is 8.99. The lowest BCUT2D eigenvalue weighted by atomic mass is 10.2. The van der Waals surface area contributed by atoms with Gasteiger partial charge in [0.25, 0.3) is 0 Å². The van der Waals surface area contributed by atoms with Gasteiger partial charge in [-0.1, -0.05) is 0 Å². The van der Waals surface area contributed by atoms with Crippen LogP contribution in [0.4, 0.5) is 29.0 Å². The molecule has 4 aromatic rings. The van der Waals surface area contributed by atoms with E-state index in [0.29, 0.717) is 22.9 Å². The molecule has 3 aromatic heterocycles. The molecule has 6 rings (SSSR count). The highest BCUT2D eigenvalue weighted by atomic mass is 16.4. The quantitative estimate of drug-likeness (QED) is 0.310. The largest absolute Gasteiger partial charge is 0.417 e. The molecule has 11 nitrogen and oxygen atoms in total. The first kappa shape index (κ1) is 22.1. The minimum atomic E-state index is -0.489. The molecule has 0 bridgehead atoms. The Morgan fingerprint density at radius 2 is 1.94 bits per heavy atom. The van der Waals surface area contributed by atoms with Crippen molar-refractivity contribution in [1.29, 1.82) is 0 Å². The third kappa shape index (κ3) is 4.72. The van der Waals surface area contributed by atoms with Crippen molar-refractivity contribution in [2.75, 3.05) is 28.6 Å². The molecule has 1 aliphatic carbocycles. The Hall–Kier alpha value is -4.41. The minimum absolute atomic E-state index is 0.180. The van der Waals surface area contributed by atoms with Gasteiger partial charge in [0.1, 0.15) is 11.6 Å². The van der Waals surface area contributed by atoms with Crippen LogP contribution in [0.1, 0.15) is 24.8 Å². The molecule has 1 aromatic carbocycles. The van der Waals surface area contributed by atoms with Crippen LogP contribution in [-0.4, -0.2) is 45.0 Å². The lowest BCUT2D eigenvalue weighted by Gasteiger charge is -2.18. The number of carbonyl (C=O) groups is 1. The second-order valence-electron chi connectivity index (χ2n) is 9.32. The van der Waals surface area contributed by atoms with Crippen molar-refractivity contribution in [1.82, 2.24) is 25.3 Å². The SMILES string of the molecule is Cc1cnc(Nc2ccc(N3CCC(NC(=O)C4CC4)C3)nc2)nc1Nc1ccc2oc(=O)[nH]c2c1. The van der Waals surface area contributed by atoms with E-state index in [1.807, 2.05) is 25.1 Å². The van der Waals surface area contributed by atoms with Gasteiger partial charge in [-0.05, 0) is 56.5 Å². The molecular weight excluding hydrogens is 460 g/mol. The van der Waals surface area contributed by atoms with Crippen molar-refractivity contribution < 1.29 is 9.21 Å². The average Bonchev–Trinajstić information content (AvgIpc) is 3.51. The topological polar surface area (TPSA) is 141 Å². The number of aromatic amines is 1. The summed E-state index contributed by atoms with van der Waals surface area (Å²) < 4.78 is 5.05. The fourth-order valence-corrected chi connectivity index (χ4v) is 4.32. The van der Waals surface area contributed by atoms with E-state index in [0.717, 1.165) is 55.1 Å². The van der Waals surface area contributed by atoms with Crippen LogP contribution >= 0.6 is 0 Å². The number of carbonyl (C=O) groups excluding carboxylic acids is 1. The maximum Gasteiger partial charge on any atom is 0.417 e. The maximum atomic E-state index is 12.0. The zero-order valence-electron chi connectivity index (χ0n) is 19.7. The molecule has 0 spiro atoms. The average molecular weight is 487 g/mol. The Morgan fingerprint density at radius 3 is 2.75 bits per heavy atom. The highest BCUT2D eigenvalue weighted by molar-refractivity contribution is 5.81. The number of aromatic nitrogens is 4.